The number of benzene rings is 1. The van der Waals surface area contributed by atoms with Gasteiger partial charge >= 0.3 is 5.97 Å². The molecule has 0 atom stereocenters. The van der Waals surface area contributed by atoms with Crippen LogP contribution in [0.5, 0.6) is 0 Å². The standard InChI is InChI=1S/C22H23Cl2NO3S/c1-2-28-22(27)20-16-7-5-3-4-6-8-18(16)29-21(20)25-19(26)12-10-14-9-11-15(23)13-17(14)24/h9-13H,2-8H2,1H3,(H,25,26). The highest BCUT2D eigenvalue weighted by Crippen LogP contribution is 2.37. The molecule has 0 radical (unpaired) electrons. The van der Waals surface area contributed by atoms with E-state index in [4.69, 9.17) is 27.9 Å². The summed E-state index contributed by atoms with van der Waals surface area (Å²) in [7, 11) is 0. The summed E-state index contributed by atoms with van der Waals surface area (Å²) in [6, 6.07) is 5.08. The number of esters is 1. The molecular formula is C22H23Cl2NO3S. The zero-order valence-electron chi connectivity index (χ0n) is 16.2. The summed E-state index contributed by atoms with van der Waals surface area (Å²) in [5.41, 5.74) is 2.24. The summed E-state index contributed by atoms with van der Waals surface area (Å²) in [6.45, 7) is 2.08. The maximum atomic E-state index is 12.6. The summed E-state index contributed by atoms with van der Waals surface area (Å²) in [4.78, 5) is 26.3. The molecule has 4 nitrogen and oxygen atoms in total. The van der Waals surface area contributed by atoms with Crippen LogP contribution in [0, 0.1) is 0 Å². The number of hydrogen-bond acceptors (Lipinski definition) is 4. The second kappa shape index (κ2) is 10.3. The van der Waals surface area contributed by atoms with Crippen LogP contribution in [0.3, 0.4) is 0 Å². The van der Waals surface area contributed by atoms with Crippen LogP contribution >= 0.6 is 34.5 Å². The lowest BCUT2D eigenvalue weighted by molar-refractivity contribution is -0.111. The van der Waals surface area contributed by atoms with Crippen molar-refractivity contribution >= 4 is 57.5 Å². The minimum Gasteiger partial charge on any atom is -0.462 e. The number of carbonyl (C=O) groups excluding carboxylic acids is 2. The fourth-order valence-electron chi connectivity index (χ4n) is 3.38. The van der Waals surface area contributed by atoms with Gasteiger partial charge in [-0.05, 0) is 61.9 Å². The summed E-state index contributed by atoms with van der Waals surface area (Å²) in [6.07, 6.45) is 9.28. The smallest absolute Gasteiger partial charge is 0.341 e. The van der Waals surface area contributed by atoms with Crippen LogP contribution in [0.25, 0.3) is 6.08 Å². The van der Waals surface area contributed by atoms with Crippen molar-refractivity contribution in [1.29, 1.82) is 0 Å². The Labute approximate surface area is 184 Å². The number of thiophene rings is 1. The molecule has 0 fully saturated rings. The van der Waals surface area contributed by atoms with E-state index in [2.05, 4.69) is 5.32 Å². The highest BCUT2D eigenvalue weighted by Gasteiger charge is 2.25. The Balaban J connectivity index is 1.85. The fourth-order valence-corrected chi connectivity index (χ4v) is 5.13. The molecule has 1 N–H and O–H groups in total. The largest absolute Gasteiger partial charge is 0.462 e. The molecule has 154 valence electrons. The highest BCUT2D eigenvalue weighted by atomic mass is 35.5. The monoisotopic (exact) mass is 451 g/mol. The van der Waals surface area contributed by atoms with Crippen molar-refractivity contribution in [3.63, 3.8) is 0 Å². The molecule has 1 heterocycles. The first-order valence-corrected chi connectivity index (χ1v) is 11.3. The molecule has 0 bridgehead atoms. The van der Waals surface area contributed by atoms with Crippen LogP contribution < -0.4 is 5.32 Å². The van der Waals surface area contributed by atoms with Crippen LogP contribution in [0.2, 0.25) is 10.0 Å². The zero-order chi connectivity index (χ0) is 20.8. The zero-order valence-corrected chi connectivity index (χ0v) is 18.6. The second-order valence-corrected chi connectivity index (χ2v) is 8.78. The van der Waals surface area contributed by atoms with E-state index in [0.29, 0.717) is 32.8 Å². The van der Waals surface area contributed by atoms with Crippen molar-refractivity contribution in [1.82, 2.24) is 0 Å². The number of amides is 1. The highest BCUT2D eigenvalue weighted by molar-refractivity contribution is 7.17. The lowest BCUT2D eigenvalue weighted by Crippen LogP contribution is -2.13. The third-order valence-electron chi connectivity index (χ3n) is 4.76. The Bertz CT molecular complexity index is 936. The fraction of sp³-hybridized carbons (Fsp3) is 0.364. The number of rotatable bonds is 5. The molecule has 0 unspecified atom stereocenters. The Hall–Kier alpha value is -1.82. The van der Waals surface area contributed by atoms with Gasteiger partial charge in [-0.25, -0.2) is 4.79 Å². The normalized spacial score (nSPS) is 14.2. The first kappa shape index (κ1) is 21.9. The lowest BCUT2D eigenvalue weighted by Gasteiger charge is -2.11. The lowest BCUT2D eigenvalue weighted by atomic mass is 9.96. The summed E-state index contributed by atoms with van der Waals surface area (Å²) >= 11 is 13.5. The Morgan fingerprint density at radius 3 is 2.66 bits per heavy atom. The Morgan fingerprint density at radius 2 is 1.93 bits per heavy atom. The number of anilines is 1. The molecule has 1 aliphatic rings. The van der Waals surface area contributed by atoms with Gasteiger partial charge in [0.1, 0.15) is 5.00 Å². The number of aryl methyl sites for hydroxylation is 1. The summed E-state index contributed by atoms with van der Waals surface area (Å²) in [5.74, 6) is -0.693. The summed E-state index contributed by atoms with van der Waals surface area (Å²) in [5, 5.41) is 4.43. The SMILES string of the molecule is CCOC(=O)c1c(NC(=O)C=Cc2ccc(Cl)cc2Cl)sc2c1CCCCCC2. The molecule has 7 heteroatoms. The van der Waals surface area contributed by atoms with Gasteiger partial charge in [-0.2, -0.15) is 0 Å². The first-order valence-electron chi connectivity index (χ1n) is 9.75. The van der Waals surface area contributed by atoms with Gasteiger partial charge in [-0.15, -0.1) is 11.3 Å². The average molecular weight is 452 g/mol. The number of nitrogens with one attached hydrogen (secondary N) is 1. The van der Waals surface area contributed by atoms with E-state index in [-0.39, 0.29) is 11.9 Å². The van der Waals surface area contributed by atoms with Crippen molar-refractivity contribution in [3.8, 4) is 0 Å². The molecule has 0 spiro atoms. The third-order valence-corrected chi connectivity index (χ3v) is 6.53. The number of carbonyl (C=O) groups is 2. The van der Waals surface area contributed by atoms with E-state index in [1.165, 1.54) is 28.7 Å². The molecule has 1 aromatic carbocycles. The van der Waals surface area contributed by atoms with E-state index in [9.17, 15) is 9.59 Å². The quantitative estimate of drug-likeness (QED) is 0.414. The minimum absolute atomic E-state index is 0.297. The van der Waals surface area contributed by atoms with Crippen molar-refractivity contribution in [3.05, 3.63) is 55.9 Å². The Morgan fingerprint density at radius 1 is 1.17 bits per heavy atom. The molecule has 0 aliphatic heterocycles. The average Bonchev–Trinajstić information content (AvgIpc) is 2.97. The Kier molecular flexibility index (Phi) is 7.76. The maximum absolute atomic E-state index is 12.6. The van der Waals surface area contributed by atoms with Crippen LogP contribution in [0.4, 0.5) is 5.00 Å². The van der Waals surface area contributed by atoms with Crippen LogP contribution in [0.15, 0.2) is 24.3 Å². The number of fused-ring (bicyclic) bond motifs is 1. The molecule has 3 rings (SSSR count). The van der Waals surface area contributed by atoms with Gasteiger partial charge in [0, 0.05) is 21.0 Å². The molecule has 29 heavy (non-hydrogen) atoms. The van der Waals surface area contributed by atoms with Crippen LogP contribution in [-0.2, 0) is 22.4 Å². The van der Waals surface area contributed by atoms with Gasteiger partial charge in [0.05, 0.1) is 12.2 Å². The first-order chi connectivity index (χ1) is 14.0. The van der Waals surface area contributed by atoms with E-state index in [0.717, 1.165) is 37.7 Å². The molecule has 0 saturated heterocycles. The predicted molar refractivity (Wildman–Crippen MR) is 120 cm³/mol. The number of hydrogen-bond donors (Lipinski definition) is 1. The van der Waals surface area contributed by atoms with Crippen molar-refractivity contribution in [2.45, 2.75) is 45.4 Å². The van der Waals surface area contributed by atoms with Gasteiger partial charge in [-0.3, -0.25) is 4.79 Å². The topological polar surface area (TPSA) is 55.4 Å². The predicted octanol–water partition coefficient (Wildman–Crippen LogP) is 6.54. The van der Waals surface area contributed by atoms with Gasteiger partial charge in [0.25, 0.3) is 0 Å². The molecule has 1 aliphatic carbocycles. The van der Waals surface area contributed by atoms with E-state index in [1.54, 1.807) is 31.2 Å². The molecular weight excluding hydrogens is 429 g/mol. The van der Waals surface area contributed by atoms with Gasteiger partial charge in [0.15, 0.2) is 0 Å². The van der Waals surface area contributed by atoms with Crippen LogP contribution in [-0.4, -0.2) is 18.5 Å². The van der Waals surface area contributed by atoms with Crippen LogP contribution in [0.1, 0.15) is 59.0 Å². The van der Waals surface area contributed by atoms with E-state index >= 15 is 0 Å². The van der Waals surface area contributed by atoms with E-state index in [1.807, 2.05) is 0 Å². The second-order valence-electron chi connectivity index (χ2n) is 6.83. The number of ether oxygens (including phenoxy) is 1. The molecule has 2 aromatic rings. The molecule has 1 aromatic heterocycles. The number of halogens is 2. The van der Waals surface area contributed by atoms with Gasteiger partial charge in [-0.1, -0.05) is 42.1 Å². The van der Waals surface area contributed by atoms with Gasteiger partial charge < -0.3 is 10.1 Å². The van der Waals surface area contributed by atoms with Gasteiger partial charge in [0.2, 0.25) is 5.91 Å². The molecule has 0 saturated carbocycles. The van der Waals surface area contributed by atoms with Crippen molar-refractivity contribution < 1.29 is 14.3 Å². The van der Waals surface area contributed by atoms with E-state index < -0.39 is 0 Å². The maximum Gasteiger partial charge on any atom is 0.341 e. The summed E-state index contributed by atoms with van der Waals surface area (Å²) < 4.78 is 5.27. The third kappa shape index (κ3) is 5.62. The minimum atomic E-state index is -0.370. The van der Waals surface area contributed by atoms with Crippen molar-refractivity contribution in [2.75, 3.05) is 11.9 Å². The molecule has 1 amide bonds. The van der Waals surface area contributed by atoms with Crippen molar-refractivity contribution in [2.24, 2.45) is 0 Å².